The molecule has 0 aromatic heterocycles. The second-order valence-corrected chi connectivity index (χ2v) is 6.51. The van der Waals surface area contributed by atoms with Crippen LogP contribution in [0.3, 0.4) is 0 Å². The Morgan fingerprint density at radius 2 is 1.35 bits per heavy atom. The molecule has 124 valence electrons. The highest BCUT2D eigenvalue weighted by molar-refractivity contribution is 7.92. The third-order valence-electron chi connectivity index (χ3n) is 3.28. The zero-order valence-corrected chi connectivity index (χ0v) is 14.2. The van der Waals surface area contributed by atoms with Gasteiger partial charge in [0.2, 0.25) is 0 Å². The number of hydrogen-bond acceptors (Lipinski definition) is 5. The van der Waals surface area contributed by atoms with E-state index in [1.165, 1.54) is 27.4 Å². The van der Waals surface area contributed by atoms with Crippen LogP contribution >= 0.6 is 0 Å². The van der Waals surface area contributed by atoms with Crippen molar-refractivity contribution in [1.82, 2.24) is 0 Å². The highest BCUT2D eigenvalue weighted by Crippen LogP contribution is 2.38. The molecule has 0 amide bonds. The molecule has 1 N–H and O–H groups in total. The highest BCUT2D eigenvalue weighted by Gasteiger charge is 2.19. The van der Waals surface area contributed by atoms with E-state index in [1.807, 2.05) is 6.92 Å². The second kappa shape index (κ2) is 6.78. The molecule has 2 rings (SSSR count). The molecule has 2 aromatic rings. The number of nitrogens with one attached hydrogen (secondary N) is 1. The van der Waals surface area contributed by atoms with Crippen LogP contribution in [0.25, 0.3) is 0 Å². The standard InChI is InChI=1S/C16H19NO5S/c1-11-5-7-12(8-6-11)23(18,19)17-13-9-15(21-3)16(22-4)10-14(13)20-2/h5-10,17H,1-4H3. The zero-order chi connectivity index (χ0) is 17.0. The average molecular weight is 337 g/mol. The molecule has 2 aromatic carbocycles. The summed E-state index contributed by atoms with van der Waals surface area (Å²) in [7, 11) is 0.684. The van der Waals surface area contributed by atoms with Gasteiger partial charge in [-0.05, 0) is 19.1 Å². The van der Waals surface area contributed by atoms with Crippen LogP contribution in [0.1, 0.15) is 5.56 Å². The van der Waals surface area contributed by atoms with Crippen LogP contribution in [-0.2, 0) is 10.0 Å². The first kappa shape index (κ1) is 17.0. The summed E-state index contributed by atoms with van der Waals surface area (Å²) >= 11 is 0. The Labute approximate surface area is 136 Å². The quantitative estimate of drug-likeness (QED) is 0.877. The molecule has 0 unspecified atom stereocenters. The van der Waals surface area contributed by atoms with E-state index in [2.05, 4.69) is 4.72 Å². The summed E-state index contributed by atoms with van der Waals surface area (Å²) < 4.78 is 43.1. The molecule has 0 bridgehead atoms. The van der Waals surface area contributed by atoms with Crippen LogP contribution in [-0.4, -0.2) is 29.7 Å². The molecule has 7 heteroatoms. The van der Waals surface area contributed by atoms with Crippen molar-refractivity contribution in [2.45, 2.75) is 11.8 Å². The summed E-state index contributed by atoms with van der Waals surface area (Å²) in [6, 6.07) is 9.64. The van der Waals surface area contributed by atoms with Gasteiger partial charge >= 0.3 is 0 Å². The Morgan fingerprint density at radius 1 is 0.826 bits per heavy atom. The van der Waals surface area contributed by atoms with Gasteiger partial charge in [-0.3, -0.25) is 4.72 Å². The topological polar surface area (TPSA) is 73.9 Å². The highest BCUT2D eigenvalue weighted by atomic mass is 32.2. The first-order valence-electron chi connectivity index (χ1n) is 6.80. The van der Waals surface area contributed by atoms with Crippen molar-refractivity contribution in [3.63, 3.8) is 0 Å². The number of rotatable bonds is 6. The maximum absolute atomic E-state index is 12.5. The van der Waals surface area contributed by atoms with Crippen LogP contribution < -0.4 is 18.9 Å². The van der Waals surface area contributed by atoms with E-state index >= 15 is 0 Å². The van der Waals surface area contributed by atoms with Crippen LogP contribution in [0.4, 0.5) is 5.69 Å². The number of anilines is 1. The minimum absolute atomic E-state index is 0.167. The van der Waals surface area contributed by atoms with Gasteiger partial charge in [0.25, 0.3) is 10.0 Å². The number of methoxy groups -OCH3 is 3. The molecule has 23 heavy (non-hydrogen) atoms. The average Bonchev–Trinajstić information content (AvgIpc) is 2.54. The summed E-state index contributed by atoms with van der Waals surface area (Å²) in [4.78, 5) is 0.167. The van der Waals surface area contributed by atoms with Crippen molar-refractivity contribution in [3.8, 4) is 17.2 Å². The van der Waals surface area contributed by atoms with Crippen molar-refractivity contribution in [3.05, 3.63) is 42.0 Å². The van der Waals surface area contributed by atoms with Crippen molar-refractivity contribution < 1.29 is 22.6 Å². The molecular weight excluding hydrogens is 318 g/mol. The molecule has 0 aliphatic rings. The predicted molar refractivity (Wildman–Crippen MR) is 88.1 cm³/mol. The Balaban J connectivity index is 2.43. The van der Waals surface area contributed by atoms with E-state index in [9.17, 15) is 8.42 Å². The lowest BCUT2D eigenvalue weighted by molar-refractivity contribution is 0.349. The van der Waals surface area contributed by atoms with E-state index in [0.29, 0.717) is 17.2 Å². The Morgan fingerprint density at radius 3 is 1.87 bits per heavy atom. The van der Waals surface area contributed by atoms with Crippen LogP contribution in [0.5, 0.6) is 17.2 Å². The fraction of sp³-hybridized carbons (Fsp3) is 0.250. The van der Waals surface area contributed by atoms with Gasteiger partial charge in [0.15, 0.2) is 11.5 Å². The summed E-state index contributed by atoms with van der Waals surface area (Å²) in [5, 5.41) is 0. The van der Waals surface area contributed by atoms with Crippen molar-refractivity contribution in [1.29, 1.82) is 0 Å². The minimum Gasteiger partial charge on any atom is -0.494 e. The molecular formula is C16H19NO5S. The number of aryl methyl sites for hydroxylation is 1. The molecule has 6 nitrogen and oxygen atoms in total. The third kappa shape index (κ3) is 3.68. The van der Waals surface area contributed by atoms with Crippen molar-refractivity contribution >= 4 is 15.7 Å². The predicted octanol–water partition coefficient (Wildman–Crippen LogP) is 2.82. The van der Waals surface area contributed by atoms with Gasteiger partial charge in [-0.15, -0.1) is 0 Å². The lowest BCUT2D eigenvalue weighted by atomic mass is 10.2. The minimum atomic E-state index is -3.73. The third-order valence-corrected chi connectivity index (χ3v) is 4.66. The number of hydrogen-bond donors (Lipinski definition) is 1. The lowest BCUT2D eigenvalue weighted by Crippen LogP contribution is -2.14. The molecule has 0 saturated heterocycles. The second-order valence-electron chi connectivity index (χ2n) is 4.83. The van der Waals surface area contributed by atoms with E-state index < -0.39 is 10.0 Å². The van der Waals surface area contributed by atoms with Gasteiger partial charge in [0.1, 0.15) is 5.75 Å². The molecule has 0 spiro atoms. The van der Waals surface area contributed by atoms with E-state index in [-0.39, 0.29) is 10.6 Å². The molecule has 0 aliphatic carbocycles. The van der Waals surface area contributed by atoms with Crippen molar-refractivity contribution in [2.24, 2.45) is 0 Å². The Kier molecular flexibility index (Phi) is 5.00. The van der Waals surface area contributed by atoms with Crippen LogP contribution in [0.2, 0.25) is 0 Å². The van der Waals surface area contributed by atoms with Gasteiger partial charge in [-0.2, -0.15) is 0 Å². The van der Waals surface area contributed by atoms with E-state index in [4.69, 9.17) is 14.2 Å². The summed E-state index contributed by atoms with van der Waals surface area (Å²) in [5.41, 5.74) is 1.25. The SMILES string of the molecule is COc1cc(OC)c(OC)cc1NS(=O)(=O)c1ccc(C)cc1. The maximum Gasteiger partial charge on any atom is 0.262 e. The fourth-order valence-electron chi connectivity index (χ4n) is 2.03. The largest absolute Gasteiger partial charge is 0.494 e. The van der Waals surface area contributed by atoms with Gasteiger partial charge in [0, 0.05) is 12.1 Å². The van der Waals surface area contributed by atoms with Crippen molar-refractivity contribution in [2.75, 3.05) is 26.1 Å². The first-order chi connectivity index (χ1) is 10.9. The van der Waals surface area contributed by atoms with Gasteiger partial charge < -0.3 is 14.2 Å². The Hall–Kier alpha value is -2.41. The summed E-state index contributed by atoms with van der Waals surface area (Å²) in [5.74, 6) is 1.18. The molecule has 0 fully saturated rings. The molecule has 0 radical (unpaired) electrons. The number of benzene rings is 2. The summed E-state index contributed by atoms with van der Waals surface area (Å²) in [6.45, 7) is 1.89. The molecule has 0 aliphatic heterocycles. The van der Waals surface area contributed by atoms with Crippen LogP contribution in [0, 0.1) is 6.92 Å². The lowest BCUT2D eigenvalue weighted by Gasteiger charge is -2.15. The van der Waals surface area contributed by atoms with E-state index in [1.54, 1.807) is 30.3 Å². The first-order valence-corrected chi connectivity index (χ1v) is 8.29. The van der Waals surface area contributed by atoms with Gasteiger partial charge in [-0.1, -0.05) is 17.7 Å². The zero-order valence-electron chi connectivity index (χ0n) is 13.4. The van der Waals surface area contributed by atoms with E-state index in [0.717, 1.165) is 5.56 Å². The molecule has 0 atom stereocenters. The fourth-order valence-corrected chi connectivity index (χ4v) is 3.09. The van der Waals surface area contributed by atoms with Gasteiger partial charge in [0.05, 0.1) is 31.9 Å². The summed E-state index contributed by atoms with van der Waals surface area (Å²) in [6.07, 6.45) is 0. The smallest absolute Gasteiger partial charge is 0.262 e. The monoisotopic (exact) mass is 337 g/mol. The molecule has 0 heterocycles. The van der Waals surface area contributed by atoms with Crippen LogP contribution in [0.15, 0.2) is 41.3 Å². The van der Waals surface area contributed by atoms with Gasteiger partial charge in [-0.25, -0.2) is 8.42 Å². The number of ether oxygens (including phenoxy) is 3. The maximum atomic E-state index is 12.5. The molecule has 0 saturated carbocycles. The number of sulfonamides is 1. The normalized spacial score (nSPS) is 11.0. The Bertz CT molecular complexity index is 785.